The molecule has 0 spiro atoms. The van der Waals surface area contributed by atoms with Crippen LogP contribution in [0.1, 0.15) is 19.4 Å². The molecule has 2 aromatic rings. The highest BCUT2D eigenvalue weighted by atomic mass is 16.5. The Morgan fingerprint density at radius 3 is 2.86 bits per heavy atom. The van der Waals surface area contributed by atoms with Crippen LogP contribution in [0.25, 0.3) is 10.8 Å². The van der Waals surface area contributed by atoms with Gasteiger partial charge in [-0.15, -0.1) is 0 Å². The Kier molecular flexibility index (Phi) is 3.68. The standard InChI is InChI=1S/C18H21NO2/c1-3-21-17(20)16-11-19-12-18(16,2)15-10-6-8-13-7-4-5-9-14(13)15/h4-10,16,19H,3,11-12H2,1-2H3. The highest BCUT2D eigenvalue weighted by Crippen LogP contribution is 2.39. The fourth-order valence-electron chi connectivity index (χ4n) is 3.42. The third-order valence-electron chi connectivity index (χ3n) is 4.59. The summed E-state index contributed by atoms with van der Waals surface area (Å²) < 4.78 is 5.28. The lowest BCUT2D eigenvalue weighted by atomic mass is 9.72. The number of benzene rings is 2. The van der Waals surface area contributed by atoms with Gasteiger partial charge in [0.15, 0.2) is 0 Å². The van der Waals surface area contributed by atoms with Crippen molar-refractivity contribution < 1.29 is 9.53 Å². The summed E-state index contributed by atoms with van der Waals surface area (Å²) in [5.74, 6) is -0.235. The van der Waals surface area contributed by atoms with Crippen LogP contribution in [0.3, 0.4) is 0 Å². The van der Waals surface area contributed by atoms with Gasteiger partial charge in [-0.3, -0.25) is 4.79 Å². The Morgan fingerprint density at radius 1 is 1.29 bits per heavy atom. The fraction of sp³-hybridized carbons (Fsp3) is 0.389. The maximum Gasteiger partial charge on any atom is 0.311 e. The van der Waals surface area contributed by atoms with Crippen LogP contribution in [-0.2, 0) is 14.9 Å². The van der Waals surface area contributed by atoms with Gasteiger partial charge in [0.2, 0.25) is 0 Å². The number of hydrogen-bond acceptors (Lipinski definition) is 3. The number of rotatable bonds is 3. The van der Waals surface area contributed by atoms with Crippen LogP contribution in [0, 0.1) is 5.92 Å². The number of hydrogen-bond donors (Lipinski definition) is 1. The first-order valence-corrected chi connectivity index (χ1v) is 7.52. The minimum absolute atomic E-state index is 0.0991. The van der Waals surface area contributed by atoms with Crippen LogP contribution in [0.2, 0.25) is 0 Å². The maximum atomic E-state index is 12.3. The lowest BCUT2D eigenvalue weighted by Gasteiger charge is -2.31. The van der Waals surface area contributed by atoms with Crippen LogP contribution in [0.5, 0.6) is 0 Å². The smallest absolute Gasteiger partial charge is 0.311 e. The summed E-state index contributed by atoms with van der Waals surface area (Å²) in [6.45, 7) is 5.93. The van der Waals surface area contributed by atoms with Crippen molar-refractivity contribution in [2.24, 2.45) is 5.92 Å². The first kappa shape index (κ1) is 14.1. The van der Waals surface area contributed by atoms with Crippen LogP contribution >= 0.6 is 0 Å². The Morgan fingerprint density at radius 2 is 2.05 bits per heavy atom. The summed E-state index contributed by atoms with van der Waals surface area (Å²) in [6.07, 6.45) is 0. The zero-order valence-corrected chi connectivity index (χ0v) is 12.6. The summed E-state index contributed by atoms with van der Waals surface area (Å²) in [7, 11) is 0. The van der Waals surface area contributed by atoms with Gasteiger partial charge in [-0.05, 0) is 23.3 Å². The van der Waals surface area contributed by atoms with Crippen LogP contribution in [0.15, 0.2) is 42.5 Å². The monoisotopic (exact) mass is 283 g/mol. The molecule has 1 aliphatic rings. The predicted molar refractivity (Wildman–Crippen MR) is 84.3 cm³/mol. The van der Waals surface area contributed by atoms with Crippen molar-refractivity contribution in [3.63, 3.8) is 0 Å². The lowest BCUT2D eigenvalue weighted by Crippen LogP contribution is -2.37. The van der Waals surface area contributed by atoms with E-state index in [1.165, 1.54) is 16.3 Å². The zero-order chi connectivity index (χ0) is 14.9. The fourth-order valence-corrected chi connectivity index (χ4v) is 3.42. The summed E-state index contributed by atoms with van der Waals surface area (Å²) in [5.41, 5.74) is 0.997. The van der Waals surface area contributed by atoms with Gasteiger partial charge in [-0.2, -0.15) is 0 Å². The van der Waals surface area contributed by atoms with Crippen molar-refractivity contribution in [1.29, 1.82) is 0 Å². The first-order valence-electron chi connectivity index (χ1n) is 7.52. The Balaban J connectivity index is 2.09. The van der Waals surface area contributed by atoms with E-state index in [-0.39, 0.29) is 17.3 Å². The summed E-state index contributed by atoms with van der Waals surface area (Å²) in [5, 5.41) is 5.80. The lowest BCUT2D eigenvalue weighted by molar-refractivity contribution is -0.149. The second kappa shape index (κ2) is 5.49. The van der Waals surface area contributed by atoms with Gasteiger partial charge in [-0.25, -0.2) is 0 Å². The van der Waals surface area contributed by atoms with Crippen molar-refractivity contribution in [3.05, 3.63) is 48.0 Å². The molecular weight excluding hydrogens is 262 g/mol. The molecule has 3 nitrogen and oxygen atoms in total. The SMILES string of the molecule is CCOC(=O)C1CNCC1(C)c1cccc2ccccc12. The van der Waals surface area contributed by atoms with E-state index in [1.54, 1.807) is 0 Å². The normalized spacial score (nSPS) is 25.1. The van der Waals surface area contributed by atoms with E-state index in [1.807, 2.05) is 13.0 Å². The molecule has 0 saturated carbocycles. The number of fused-ring (bicyclic) bond motifs is 1. The van der Waals surface area contributed by atoms with Crippen LogP contribution in [0.4, 0.5) is 0 Å². The minimum atomic E-state index is -0.229. The average Bonchev–Trinajstić information content (AvgIpc) is 2.90. The van der Waals surface area contributed by atoms with Gasteiger partial charge >= 0.3 is 5.97 Å². The Hall–Kier alpha value is -1.87. The van der Waals surface area contributed by atoms with E-state index < -0.39 is 0 Å². The van der Waals surface area contributed by atoms with Crippen molar-refractivity contribution in [1.82, 2.24) is 5.32 Å². The molecule has 2 aromatic carbocycles. The molecule has 0 aromatic heterocycles. The highest BCUT2D eigenvalue weighted by Gasteiger charge is 2.45. The van der Waals surface area contributed by atoms with Crippen molar-refractivity contribution >= 4 is 16.7 Å². The largest absolute Gasteiger partial charge is 0.466 e. The molecule has 0 aliphatic carbocycles. The van der Waals surface area contributed by atoms with E-state index in [0.29, 0.717) is 13.2 Å². The molecule has 2 atom stereocenters. The third-order valence-corrected chi connectivity index (χ3v) is 4.59. The zero-order valence-electron chi connectivity index (χ0n) is 12.6. The molecule has 3 rings (SSSR count). The number of esters is 1. The summed E-state index contributed by atoms with van der Waals surface area (Å²) in [4.78, 5) is 12.3. The Labute approximate surface area is 125 Å². The van der Waals surface area contributed by atoms with E-state index in [2.05, 4.69) is 48.6 Å². The molecule has 21 heavy (non-hydrogen) atoms. The molecule has 0 amide bonds. The van der Waals surface area contributed by atoms with Crippen LogP contribution in [-0.4, -0.2) is 25.7 Å². The predicted octanol–water partition coefficient (Wildman–Crippen LogP) is 2.88. The quantitative estimate of drug-likeness (QED) is 0.880. The number of carbonyl (C=O) groups excluding carboxylic acids is 1. The Bertz CT molecular complexity index is 662. The minimum Gasteiger partial charge on any atom is -0.466 e. The molecule has 1 fully saturated rings. The maximum absolute atomic E-state index is 12.3. The van der Waals surface area contributed by atoms with Gasteiger partial charge in [0.05, 0.1) is 12.5 Å². The summed E-state index contributed by atoms with van der Waals surface area (Å²) >= 11 is 0. The van der Waals surface area contributed by atoms with E-state index in [4.69, 9.17) is 4.74 Å². The highest BCUT2D eigenvalue weighted by molar-refractivity contribution is 5.88. The molecule has 1 N–H and O–H groups in total. The topological polar surface area (TPSA) is 38.3 Å². The van der Waals surface area contributed by atoms with Gasteiger partial charge in [0, 0.05) is 18.5 Å². The van der Waals surface area contributed by atoms with Crippen molar-refractivity contribution in [2.75, 3.05) is 19.7 Å². The molecule has 1 aliphatic heterocycles. The number of nitrogens with one attached hydrogen (secondary N) is 1. The molecule has 1 saturated heterocycles. The van der Waals surface area contributed by atoms with Crippen molar-refractivity contribution in [2.45, 2.75) is 19.3 Å². The second-order valence-corrected chi connectivity index (χ2v) is 5.88. The molecule has 0 bridgehead atoms. The van der Waals surface area contributed by atoms with Gasteiger partial charge in [0.1, 0.15) is 0 Å². The summed E-state index contributed by atoms with van der Waals surface area (Å²) in [6, 6.07) is 14.7. The van der Waals surface area contributed by atoms with Gasteiger partial charge < -0.3 is 10.1 Å². The molecular formula is C18H21NO2. The average molecular weight is 283 g/mol. The second-order valence-electron chi connectivity index (χ2n) is 5.88. The molecule has 1 heterocycles. The van der Waals surface area contributed by atoms with Gasteiger partial charge in [-0.1, -0.05) is 49.4 Å². The molecule has 3 heteroatoms. The first-order chi connectivity index (χ1) is 10.2. The van der Waals surface area contributed by atoms with Crippen LogP contribution < -0.4 is 5.32 Å². The molecule has 0 radical (unpaired) electrons. The molecule has 110 valence electrons. The van der Waals surface area contributed by atoms with E-state index >= 15 is 0 Å². The third kappa shape index (κ3) is 2.32. The van der Waals surface area contributed by atoms with E-state index in [0.717, 1.165) is 6.54 Å². The molecule has 2 unspecified atom stereocenters. The van der Waals surface area contributed by atoms with E-state index in [9.17, 15) is 4.79 Å². The van der Waals surface area contributed by atoms with Gasteiger partial charge in [0.25, 0.3) is 0 Å². The number of carbonyl (C=O) groups is 1. The number of ether oxygens (including phenoxy) is 1. The van der Waals surface area contributed by atoms with Crippen molar-refractivity contribution in [3.8, 4) is 0 Å².